The number of nitriles is 1. The molecule has 102 valence electrons. The van der Waals surface area contributed by atoms with Crippen LogP contribution in [-0.4, -0.2) is 11.7 Å². The van der Waals surface area contributed by atoms with E-state index in [1.165, 1.54) is 11.0 Å². The highest BCUT2D eigenvalue weighted by atomic mass is 35.5. The predicted octanol–water partition coefficient (Wildman–Crippen LogP) is 2.94. The van der Waals surface area contributed by atoms with Crippen molar-refractivity contribution in [3.05, 3.63) is 64.2 Å². The number of rotatable bonds is 2. The maximum atomic E-state index is 12.1. The van der Waals surface area contributed by atoms with E-state index in [4.69, 9.17) is 16.9 Å². The minimum atomic E-state index is -0.559. The molecule has 0 aliphatic carbocycles. The number of nitrogens with zero attached hydrogens (tertiary/aromatic N) is 2. The first-order valence-electron chi connectivity index (χ1n) is 6.25. The van der Waals surface area contributed by atoms with Crippen molar-refractivity contribution >= 4 is 29.0 Å². The fourth-order valence-electron chi connectivity index (χ4n) is 2.30. The summed E-state index contributed by atoms with van der Waals surface area (Å²) in [6, 6.07) is 13.8. The van der Waals surface area contributed by atoms with Crippen LogP contribution in [0.25, 0.3) is 0 Å². The molecule has 0 spiro atoms. The molecule has 2 aromatic carbocycles. The molecule has 3 rings (SSSR count). The largest absolute Gasteiger partial charge is 0.300 e. The lowest BCUT2D eigenvalue weighted by Crippen LogP contribution is -2.29. The van der Waals surface area contributed by atoms with Crippen LogP contribution in [-0.2, 0) is 11.3 Å². The van der Waals surface area contributed by atoms with Crippen LogP contribution in [0.15, 0.2) is 42.5 Å². The van der Waals surface area contributed by atoms with Gasteiger partial charge in [-0.2, -0.15) is 5.26 Å². The zero-order valence-corrected chi connectivity index (χ0v) is 11.6. The van der Waals surface area contributed by atoms with Gasteiger partial charge >= 0.3 is 0 Å². The molecule has 2 aromatic rings. The Morgan fingerprint density at radius 3 is 2.48 bits per heavy atom. The summed E-state index contributed by atoms with van der Waals surface area (Å²) in [6.45, 7) is 0.283. The molecule has 4 nitrogen and oxygen atoms in total. The molecule has 0 saturated carbocycles. The molecular formula is C16H9ClN2O2. The summed E-state index contributed by atoms with van der Waals surface area (Å²) < 4.78 is 0. The van der Waals surface area contributed by atoms with E-state index in [0.29, 0.717) is 21.8 Å². The molecule has 0 unspecified atom stereocenters. The number of Topliss-reactive ketones (excluding diaryl/α,β-unsaturated/α-hetero) is 1. The van der Waals surface area contributed by atoms with E-state index in [1.54, 1.807) is 36.4 Å². The molecule has 0 aromatic heterocycles. The maximum Gasteiger partial charge on any atom is 0.299 e. The second-order valence-corrected chi connectivity index (χ2v) is 5.13. The Morgan fingerprint density at radius 1 is 1.10 bits per heavy atom. The average molecular weight is 297 g/mol. The summed E-state index contributed by atoms with van der Waals surface area (Å²) in [4.78, 5) is 25.5. The third-order valence-electron chi connectivity index (χ3n) is 3.36. The molecule has 1 amide bonds. The lowest BCUT2D eigenvalue weighted by Gasteiger charge is -2.16. The second kappa shape index (κ2) is 5.04. The molecule has 0 atom stereocenters. The number of benzene rings is 2. The van der Waals surface area contributed by atoms with Gasteiger partial charge in [0.2, 0.25) is 0 Å². The number of amides is 1. The third-order valence-corrected chi connectivity index (χ3v) is 3.59. The van der Waals surface area contributed by atoms with Gasteiger partial charge in [0.05, 0.1) is 29.4 Å². The molecule has 0 saturated heterocycles. The lowest BCUT2D eigenvalue weighted by molar-refractivity contribution is -0.114. The Kier molecular flexibility index (Phi) is 3.20. The Hall–Kier alpha value is -2.64. The zero-order chi connectivity index (χ0) is 15.0. The minimum Gasteiger partial charge on any atom is -0.300 e. The Labute approximate surface area is 126 Å². The molecular weight excluding hydrogens is 288 g/mol. The first kappa shape index (κ1) is 13.3. The molecule has 1 aliphatic heterocycles. The maximum absolute atomic E-state index is 12.1. The number of hydrogen-bond donors (Lipinski definition) is 0. The standard InChI is InChI=1S/C16H9ClN2O2/c17-12-5-6-14-13(7-12)15(20)16(21)19(14)9-11-3-1-10(8-18)2-4-11/h1-7H,9H2. The van der Waals surface area contributed by atoms with Gasteiger partial charge in [-0.3, -0.25) is 9.59 Å². The third kappa shape index (κ3) is 2.28. The van der Waals surface area contributed by atoms with Crippen molar-refractivity contribution in [2.45, 2.75) is 6.54 Å². The molecule has 0 N–H and O–H groups in total. The van der Waals surface area contributed by atoms with Crippen LogP contribution in [0.2, 0.25) is 5.02 Å². The van der Waals surface area contributed by atoms with Gasteiger partial charge in [0.25, 0.3) is 11.7 Å². The van der Waals surface area contributed by atoms with Gasteiger partial charge in [-0.15, -0.1) is 0 Å². The smallest absolute Gasteiger partial charge is 0.299 e. The number of carbonyl (C=O) groups excluding carboxylic acids is 2. The van der Waals surface area contributed by atoms with Crippen molar-refractivity contribution in [1.29, 1.82) is 5.26 Å². The second-order valence-electron chi connectivity index (χ2n) is 4.69. The van der Waals surface area contributed by atoms with Crippen molar-refractivity contribution in [2.75, 3.05) is 4.90 Å². The molecule has 21 heavy (non-hydrogen) atoms. The summed E-state index contributed by atoms with van der Waals surface area (Å²) in [5.41, 5.74) is 2.30. The quantitative estimate of drug-likeness (QED) is 0.801. The summed E-state index contributed by atoms with van der Waals surface area (Å²) in [7, 11) is 0. The highest BCUT2D eigenvalue weighted by Gasteiger charge is 2.35. The van der Waals surface area contributed by atoms with Gasteiger partial charge in [-0.25, -0.2) is 0 Å². The van der Waals surface area contributed by atoms with E-state index in [2.05, 4.69) is 0 Å². The zero-order valence-electron chi connectivity index (χ0n) is 10.8. The molecule has 5 heteroatoms. The number of carbonyl (C=O) groups is 2. The van der Waals surface area contributed by atoms with Crippen LogP contribution in [0.5, 0.6) is 0 Å². The molecule has 0 radical (unpaired) electrons. The van der Waals surface area contributed by atoms with E-state index in [9.17, 15) is 9.59 Å². The monoisotopic (exact) mass is 296 g/mol. The normalized spacial score (nSPS) is 13.2. The number of hydrogen-bond acceptors (Lipinski definition) is 3. The lowest BCUT2D eigenvalue weighted by atomic mass is 10.1. The van der Waals surface area contributed by atoms with E-state index in [0.717, 1.165) is 5.56 Å². The highest BCUT2D eigenvalue weighted by molar-refractivity contribution is 6.52. The van der Waals surface area contributed by atoms with Gasteiger partial charge in [0, 0.05) is 5.02 Å². The Balaban J connectivity index is 1.94. The average Bonchev–Trinajstić information content (AvgIpc) is 2.73. The molecule has 0 fully saturated rings. The topological polar surface area (TPSA) is 61.2 Å². The van der Waals surface area contributed by atoms with Gasteiger partial charge in [-0.05, 0) is 35.9 Å². The number of anilines is 1. The van der Waals surface area contributed by atoms with Crippen LogP contribution in [0, 0.1) is 11.3 Å². The van der Waals surface area contributed by atoms with Crippen molar-refractivity contribution in [3.63, 3.8) is 0 Å². The van der Waals surface area contributed by atoms with Crippen LogP contribution < -0.4 is 4.90 Å². The van der Waals surface area contributed by atoms with E-state index < -0.39 is 11.7 Å². The predicted molar refractivity (Wildman–Crippen MR) is 78.1 cm³/mol. The van der Waals surface area contributed by atoms with Crippen molar-refractivity contribution in [3.8, 4) is 6.07 Å². The van der Waals surface area contributed by atoms with Gasteiger partial charge < -0.3 is 4.90 Å². The highest BCUT2D eigenvalue weighted by Crippen LogP contribution is 2.32. The van der Waals surface area contributed by atoms with Crippen LogP contribution in [0.4, 0.5) is 5.69 Å². The van der Waals surface area contributed by atoms with E-state index in [-0.39, 0.29) is 6.54 Å². The fraction of sp³-hybridized carbons (Fsp3) is 0.0625. The first-order valence-corrected chi connectivity index (χ1v) is 6.63. The molecule has 1 heterocycles. The Bertz CT molecular complexity index is 791. The van der Waals surface area contributed by atoms with Crippen LogP contribution in [0.3, 0.4) is 0 Å². The van der Waals surface area contributed by atoms with Crippen molar-refractivity contribution < 1.29 is 9.59 Å². The summed E-state index contributed by atoms with van der Waals surface area (Å²) in [6.07, 6.45) is 0. The fourth-order valence-corrected chi connectivity index (χ4v) is 2.47. The van der Waals surface area contributed by atoms with Gasteiger partial charge in [0.15, 0.2) is 0 Å². The summed E-state index contributed by atoms with van der Waals surface area (Å²) >= 11 is 5.87. The van der Waals surface area contributed by atoms with Gasteiger partial charge in [-0.1, -0.05) is 23.7 Å². The summed E-state index contributed by atoms with van der Waals surface area (Å²) in [5, 5.41) is 9.20. The first-order chi connectivity index (χ1) is 10.1. The van der Waals surface area contributed by atoms with E-state index in [1.807, 2.05) is 6.07 Å². The minimum absolute atomic E-state index is 0.283. The van der Waals surface area contributed by atoms with E-state index >= 15 is 0 Å². The SMILES string of the molecule is N#Cc1ccc(CN2C(=O)C(=O)c3cc(Cl)ccc32)cc1. The number of halogens is 1. The Morgan fingerprint density at radius 2 is 1.81 bits per heavy atom. The number of fused-ring (bicyclic) bond motifs is 1. The molecule has 0 bridgehead atoms. The van der Waals surface area contributed by atoms with Crippen molar-refractivity contribution in [2.24, 2.45) is 0 Å². The van der Waals surface area contributed by atoms with Crippen LogP contribution in [0.1, 0.15) is 21.5 Å². The van der Waals surface area contributed by atoms with Gasteiger partial charge in [0.1, 0.15) is 0 Å². The summed E-state index contributed by atoms with van der Waals surface area (Å²) in [5.74, 6) is -1.10. The molecule has 1 aliphatic rings. The van der Waals surface area contributed by atoms with Crippen LogP contribution >= 0.6 is 11.6 Å². The number of ketones is 1. The van der Waals surface area contributed by atoms with Crippen molar-refractivity contribution in [1.82, 2.24) is 0 Å².